The maximum atomic E-state index is 12.5. The van der Waals surface area contributed by atoms with Crippen LogP contribution in [0.2, 0.25) is 0 Å². The third-order valence-corrected chi connectivity index (χ3v) is 19.0. The van der Waals surface area contributed by atoms with Gasteiger partial charge >= 0.3 is 5.97 Å². The summed E-state index contributed by atoms with van der Waals surface area (Å²) in [6, 6.07) is 0. The second-order valence-corrected chi connectivity index (χ2v) is 22.1. The Kier molecular flexibility index (Phi) is 9.94. The number of nitrogens with zero attached hydrogens (tertiary/aromatic N) is 1. The highest BCUT2D eigenvalue weighted by molar-refractivity contribution is 7.91. The molecule has 0 aromatic rings. The molecule has 0 bridgehead atoms. The lowest BCUT2D eigenvalue weighted by molar-refractivity contribution is -0.221. The van der Waals surface area contributed by atoms with E-state index in [1.54, 1.807) is 5.57 Å². The van der Waals surface area contributed by atoms with E-state index in [2.05, 4.69) is 70.5 Å². The van der Waals surface area contributed by atoms with Crippen LogP contribution in [0, 0.1) is 57.2 Å². The molecule has 6 nitrogen and oxygen atoms in total. The molecule has 5 fully saturated rings. The molecule has 1 N–H and O–H groups in total. The number of allylic oxidation sites excluding steroid dienone is 5. The second kappa shape index (κ2) is 13.4. The molecule has 0 unspecified atom stereocenters. The Morgan fingerprint density at radius 1 is 0.941 bits per heavy atom. The maximum absolute atomic E-state index is 12.5. The fraction of sp³-hybridized carbons (Fsp3) is 0.841. The normalized spacial score (nSPS) is 44.5. The number of hydrogen-bond donors (Lipinski definition) is 1. The van der Waals surface area contributed by atoms with Crippen LogP contribution in [-0.4, -0.2) is 69.1 Å². The predicted octanol–water partition coefficient (Wildman–Crippen LogP) is 8.54. The number of hydrogen-bond acceptors (Lipinski definition) is 6. The molecule has 10 atom stereocenters. The number of sulfone groups is 1. The van der Waals surface area contributed by atoms with Crippen LogP contribution in [0.25, 0.3) is 0 Å². The third-order valence-electron chi connectivity index (χ3n) is 17.4. The van der Waals surface area contributed by atoms with E-state index in [9.17, 15) is 13.2 Å². The van der Waals surface area contributed by atoms with E-state index >= 15 is 0 Å². The van der Waals surface area contributed by atoms with Gasteiger partial charge in [-0.1, -0.05) is 58.9 Å². The summed E-state index contributed by atoms with van der Waals surface area (Å²) in [6.07, 6.45) is 19.3. The second-order valence-electron chi connectivity index (χ2n) is 19.8. The van der Waals surface area contributed by atoms with Crippen molar-refractivity contribution in [2.75, 3.05) is 44.3 Å². The van der Waals surface area contributed by atoms with Crippen molar-refractivity contribution >= 4 is 15.8 Å². The monoisotopic (exact) mass is 723 g/mol. The topological polar surface area (TPSA) is 75.7 Å². The molecular formula is C44H70N2O4S. The SMILES string of the molecule is C=C(C)[C@@H]1CC[C@]2(NCCN3CCS(=O)(=O)CC3)CC[C@]3(C)[C@H](CC[C@@H]4[C@@]5(C)CC=C(C6=CC[C@H](C(=O)OCC)CC6)C(C)(C)[C@@H]5CC[C@]43C)[C@@H]12. The molecule has 51 heavy (non-hydrogen) atoms. The van der Waals surface area contributed by atoms with Gasteiger partial charge in [0.05, 0.1) is 24.0 Å². The number of esters is 1. The summed E-state index contributed by atoms with van der Waals surface area (Å²) >= 11 is 0. The zero-order chi connectivity index (χ0) is 36.6. The van der Waals surface area contributed by atoms with Crippen LogP contribution in [0.3, 0.4) is 0 Å². The number of nitrogens with one attached hydrogen (secondary N) is 1. The molecule has 4 saturated carbocycles. The van der Waals surface area contributed by atoms with Crippen LogP contribution in [0.1, 0.15) is 126 Å². The fourth-order valence-corrected chi connectivity index (χ4v) is 15.9. The summed E-state index contributed by atoms with van der Waals surface area (Å²) in [4.78, 5) is 14.9. The Hall–Kier alpha value is -1.44. The molecule has 0 radical (unpaired) electrons. The van der Waals surface area contributed by atoms with Gasteiger partial charge in [-0.15, -0.1) is 0 Å². The van der Waals surface area contributed by atoms with Crippen molar-refractivity contribution in [1.29, 1.82) is 0 Å². The molecule has 0 aromatic heterocycles. The summed E-state index contributed by atoms with van der Waals surface area (Å²) in [5, 5.41) is 4.23. The number of fused-ring (bicyclic) bond motifs is 7. The van der Waals surface area contributed by atoms with Gasteiger partial charge in [-0.05, 0) is 153 Å². The number of carbonyl (C=O) groups is 1. The molecule has 0 amide bonds. The predicted molar refractivity (Wildman–Crippen MR) is 208 cm³/mol. The van der Waals surface area contributed by atoms with Gasteiger partial charge in [-0.3, -0.25) is 4.79 Å². The van der Waals surface area contributed by atoms with Gasteiger partial charge < -0.3 is 15.0 Å². The molecular weight excluding hydrogens is 653 g/mol. The molecule has 1 aliphatic heterocycles. The van der Waals surface area contributed by atoms with Crippen LogP contribution in [0.5, 0.6) is 0 Å². The lowest BCUT2D eigenvalue weighted by Gasteiger charge is -2.72. The van der Waals surface area contributed by atoms with E-state index in [0.717, 1.165) is 38.3 Å². The first-order valence-corrected chi connectivity index (χ1v) is 22.7. The highest BCUT2D eigenvalue weighted by atomic mass is 32.2. The number of carbonyl (C=O) groups excluding carboxylic acids is 1. The average molecular weight is 723 g/mol. The van der Waals surface area contributed by atoms with Gasteiger partial charge in [0.1, 0.15) is 0 Å². The number of rotatable bonds is 8. The Morgan fingerprint density at radius 2 is 1.69 bits per heavy atom. The molecule has 7 aliphatic rings. The van der Waals surface area contributed by atoms with E-state index in [4.69, 9.17) is 4.74 Å². The molecule has 286 valence electrons. The van der Waals surface area contributed by atoms with Gasteiger partial charge in [0.25, 0.3) is 0 Å². The van der Waals surface area contributed by atoms with E-state index in [0.29, 0.717) is 65.7 Å². The standard InChI is InChI=1S/C44H70N2O4S/c1-9-50-39(47)32-12-10-31(11-13-32)34-17-19-41(6)36(40(34,4)5)18-20-43(8)37(41)15-14-35-38-33(30(2)3)16-21-44(38,23-22-42(35,43)7)45-24-25-46-26-28-51(48,49)29-27-46/h10,17,32-33,35-38,45H,2,9,11-16,18-29H2,1,3-8H3/t32-,33-,35+,36-,37+,38+,41-,42+,43+,44-/m0/s1. The fourth-order valence-electron chi connectivity index (χ4n) is 14.6. The Balaban J connectivity index is 1.11. The summed E-state index contributed by atoms with van der Waals surface area (Å²) in [5.41, 5.74) is 5.66. The lowest BCUT2D eigenvalue weighted by Crippen LogP contribution is -2.68. The van der Waals surface area contributed by atoms with Crippen LogP contribution >= 0.6 is 0 Å². The van der Waals surface area contributed by atoms with Gasteiger partial charge in [0.15, 0.2) is 9.84 Å². The molecule has 6 aliphatic carbocycles. The lowest BCUT2D eigenvalue weighted by atomic mass is 9.33. The van der Waals surface area contributed by atoms with Crippen LogP contribution < -0.4 is 5.32 Å². The van der Waals surface area contributed by atoms with Crippen molar-refractivity contribution in [3.63, 3.8) is 0 Å². The number of ether oxygens (including phenoxy) is 1. The van der Waals surface area contributed by atoms with Crippen LogP contribution in [0.4, 0.5) is 0 Å². The summed E-state index contributed by atoms with van der Waals surface area (Å²) in [7, 11) is -2.85. The smallest absolute Gasteiger partial charge is 0.309 e. The van der Waals surface area contributed by atoms with Crippen molar-refractivity contribution in [2.24, 2.45) is 57.2 Å². The molecule has 0 aromatic carbocycles. The molecule has 0 spiro atoms. The van der Waals surface area contributed by atoms with E-state index < -0.39 is 9.84 Å². The van der Waals surface area contributed by atoms with Crippen molar-refractivity contribution in [3.8, 4) is 0 Å². The molecule has 1 heterocycles. The van der Waals surface area contributed by atoms with E-state index in [1.807, 2.05) is 6.92 Å². The molecule has 7 rings (SSSR count). The largest absolute Gasteiger partial charge is 0.466 e. The van der Waals surface area contributed by atoms with Crippen LogP contribution in [-0.2, 0) is 19.4 Å². The zero-order valence-electron chi connectivity index (χ0n) is 33.2. The van der Waals surface area contributed by atoms with E-state index in [1.165, 1.54) is 68.9 Å². The molecule has 1 saturated heterocycles. The van der Waals surface area contributed by atoms with Crippen molar-refractivity contribution in [3.05, 3.63) is 35.5 Å². The first-order chi connectivity index (χ1) is 24.0. The first kappa shape index (κ1) is 37.9. The first-order valence-electron chi connectivity index (χ1n) is 20.9. The van der Waals surface area contributed by atoms with Gasteiger partial charge in [0, 0.05) is 31.7 Å². The summed E-state index contributed by atoms with van der Waals surface area (Å²) < 4.78 is 29.5. The van der Waals surface area contributed by atoms with Crippen LogP contribution in [0.15, 0.2) is 35.5 Å². The van der Waals surface area contributed by atoms with Crippen molar-refractivity contribution in [2.45, 2.75) is 131 Å². The van der Waals surface area contributed by atoms with Gasteiger partial charge in [-0.25, -0.2) is 8.42 Å². The summed E-state index contributed by atoms with van der Waals surface area (Å²) in [5.74, 6) is 3.91. The minimum absolute atomic E-state index is 0.0159. The summed E-state index contributed by atoms with van der Waals surface area (Å²) in [6.45, 7) is 25.8. The van der Waals surface area contributed by atoms with Gasteiger partial charge in [0.2, 0.25) is 0 Å². The zero-order valence-corrected chi connectivity index (χ0v) is 34.1. The van der Waals surface area contributed by atoms with Gasteiger partial charge in [-0.2, -0.15) is 0 Å². The minimum Gasteiger partial charge on any atom is -0.466 e. The highest BCUT2D eigenvalue weighted by Gasteiger charge is 2.70. The maximum Gasteiger partial charge on any atom is 0.309 e. The Labute approximate surface area is 311 Å². The van der Waals surface area contributed by atoms with E-state index in [-0.39, 0.29) is 28.3 Å². The average Bonchev–Trinajstić information content (AvgIpc) is 3.46. The highest BCUT2D eigenvalue weighted by Crippen LogP contribution is 2.76. The third kappa shape index (κ3) is 6.08. The van der Waals surface area contributed by atoms with Crippen molar-refractivity contribution < 1.29 is 17.9 Å². The molecule has 7 heteroatoms. The quantitative estimate of drug-likeness (QED) is 0.200. The Bertz CT molecular complexity index is 1550. The Morgan fingerprint density at radius 3 is 2.35 bits per heavy atom. The minimum atomic E-state index is -2.85. The van der Waals surface area contributed by atoms with Crippen molar-refractivity contribution in [1.82, 2.24) is 10.2 Å².